The zero-order valence-corrected chi connectivity index (χ0v) is 18.2. The molecule has 1 aliphatic rings. The second-order valence-electron chi connectivity index (χ2n) is 7.52. The molecule has 152 valence electrons. The number of nitrogens with one attached hydrogen (secondary N) is 1. The number of rotatable bonds is 7. The number of halogens is 1. The number of likely N-dealkylation sites (tertiary alicyclic amines) is 1. The van der Waals surface area contributed by atoms with Crippen molar-refractivity contribution in [1.82, 2.24) is 9.62 Å². The molecule has 1 atom stereocenters. The van der Waals surface area contributed by atoms with E-state index in [2.05, 4.69) is 17.7 Å². The average Bonchev–Trinajstić information content (AvgIpc) is 2.75. The van der Waals surface area contributed by atoms with Crippen molar-refractivity contribution in [2.24, 2.45) is 5.92 Å². The number of nitriles is 1. The quantitative estimate of drug-likeness (QED) is 0.627. The molecule has 0 saturated carbocycles. The average molecular weight is 428 g/mol. The zero-order valence-electron chi connectivity index (χ0n) is 16.6. The Hall–Kier alpha value is -2.00. The van der Waals surface area contributed by atoms with Crippen molar-refractivity contribution in [2.45, 2.75) is 43.5 Å². The molecule has 1 N–H and O–H groups in total. The van der Waals surface area contributed by atoms with Gasteiger partial charge < -0.3 is 4.90 Å². The summed E-state index contributed by atoms with van der Waals surface area (Å²) in [5.74, 6) is 0.802. The van der Waals surface area contributed by atoms with Gasteiger partial charge in [-0.3, -0.25) is 4.79 Å². The van der Waals surface area contributed by atoms with E-state index in [9.17, 15) is 10.1 Å². The van der Waals surface area contributed by atoms with Crippen molar-refractivity contribution in [2.75, 3.05) is 13.1 Å². The minimum Gasteiger partial charge on any atom is -0.341 e. The molecule has 6 heteroatoms. The van der Waals surface area contributed by atoms with Crippen molar-refractivity contribution in [3.05, 3.63) is 64.7 Å². The summed E-state index contributed by atoms with van der Waals surface area (Å²) in [6.07, 6.45) is 3.46. The highest BCUT2D eigenvalue weighted by atomic mass is 35.5. The molecule has 2 aromatic carbocycles. The first kappa shape index (κ1) is 21.7. The summed E-state index contributed by atoms with van der Waals surface area (Å²) in [7, 11) is 0. The number of carbonyl (C=O) groups excluding carboxylic acids is 1. The Morgan fingerprint density at radius 2 is 1.93 bits per heavy atom. The molecular formula is C23H26ClN3OS. The van der Waals surface area contributed by atoms with Gasteiger partial charge in [0.1, 0.15) is 6.07 Å². The van der Waals surface area contributed by atoms with Crippen molar-refractivity contribution >= 4 is 29.5 Å². The minimum atomic E-state index is -0.337. The zero-order chi connectivity index (χ0) is 20.6. The summed E-state index contributed by atoms with van der Waals surface area (Å²) in [5.41, 5.74) is 1.65. The molecule has 0 aliphatic carbocycles. The van der Waals surface area contributed by atoms with Crippen LogP contribution in [0.1, 0.15) is 37.3 Å². The molecule has 0 spiro atoms. The molecule has 4 nitrogen and oxygen atoms in total. The van der Waals surface area contributed by atoms with E-state index in [0.29, 0.717) is 24.3 Å². The Balaban J connectivity index is 1.70. The van der Waals surface area contributed by atoms with E-state index < -0.39 is 0 Å². The summed E-state index contributed by atoms with van der Waals surface area (Å²) in [5, 5.41) is 10.1. The fourth-order valence-electron chi connectivity index (χ4n) is 3.47. The Kier molecular flexibility index (Phi) is 8.00. The molecule has 0 aromatic heterocycles. The number of nitrogens with zero attached hydrogens (tertiary/aromatic N) is 2. The number of amides is 1. The molecule has 1 heterocycles. The van der Waals surface area contributed by atoms with Crippen LogP contribution in [0.3, 0.4) is 0 Å². The summed E-state index contributed by atoms with van der Waals surface area (Å²) >= 11 is 7.67. The van der Waals surface area contributed by atoms with Crippen LogP contribution < -0.4 is 4.72 Å². The number of carbonyl (C=O) groups is 1. The van der Waals surface area contributed by atoms with Gasteiger partial charge in [0.05, 0.1) is 11.6 Å². The van der Waals surface area contributed by atoms with Crippen LogP contribution in [0.2, 0.25) is 5.02 Å². The van der Waals surface area contributed by atoms with Crippen molar-refractivity contribution in [3.63, 3.8) is 0 Å². The van der Waals surface area contributed by atoms with E-state index in [-0.39, 0.29) is 11.9 Å². The van der Waals surface area contributed by atoms with Crippen LogP contribution in [0.25, 0.3) is 0 Å². The minimum absolute atomic E-state index is 0.130. The van der Waals surface area contributed by atoms with Crippen LogP contribution in [-0.4, -0.2) is 29.9 Å². The van der Waals surface area contributed by atoms with Gasteiger partial charge in [-0.15, -0.1) is 0 Å². The maximum Gasteiger partial charge on any atom is 0.240 e. The van der Waals surface area contributed by atoms with Gasteiger partial charge in [0.25, 0.3) is 0 Å². The molecule has 1 amide bonds. The SMILES string of the molecule is CC1CCN(C(=O)C(CCc2ccccc2Cl)NSc2ccccc2C#N)CC1. The standard InChI is InChI=1S/C23H26ClN3OS/c1-17-12-14-27(15-13-17)23(28)21(11-10-18-6-2-4-8-20(18)24)26-29-22-9-5-3-7-19(22)16-25/h2-9,17,21,26H,10-15H2,1H3. The summed E-state index contributed by atoms with van der Waals surface area (Å²) in [6.45, 7) is 3.86. The third kappa shape index (κ3) is 5.99. The summed E-state index contributed by atoms with van der Waals surface area (Å²) in [4.78, 5) is 16.0. The van der Waals surface area contributed by atoms with Crippen LogP contribution in [0.5, 0.6) is 0 Å². The highest BCUT2D eigenvalue weighted by Crippen LogP contribution is 2.24. The lowest BCUT2D eigenvalue weighted by molar-refractivity contribution is -0.134. The smallest absolute Gasteiger partial charge is 0.240 e. The first-order valence-corrected chi connectivity index (χ1v) is 11.2. The monoisotopic (exact) mass is 427 g/mol. The van der Waals surface area contributed by atoms with E-state index in [1.165, 1.54) is 11.9 Å². The third-order valence-electron chi connectivity index (χ3n) is 5.37. The van der Waals surface area contributed by atoms with Gasteiger partial charge in [-0.2, -0.15) is 5.26 Å². The van der Waals surface area contributed by atoms with E-state index in [4.69, 9.17) is 11.6 Å². The first-order chi connectivity index (χ1) is 14.1. The maximum atomic E-state index is 13.2. The number of hydrogen-bond donors (Lipinski definition) is 1. The Bertz CT molecular complexity index is 874. The third-order valence-corrected chi connectivity index (χ3v) is 6.72. The van der Waals surface area contributed by atoms with Gasteiger partial charge >= 0.3 is 0 Å². The summed E-state index contributed by atoms with van der Waals surface area (Å²) in [6, 6.07) is 17.1. The predicted molar refractivity (Wildman–Crippen MR) is 119 cm³/mol. The largest absolute Gasteiger partial charge is 0.341 e. The van der Waals surface area contributed by atoms with Crippen LogP contribution >= 0.6 is 23.5 Å². The molecular weight excluding hydrogens is 402 g/mol. The number of piperidine rings is 1. The molecule has 0 radical (unpaired) electrons. The lowest BCUT2D eigenvalue weighted by atomic mass is 9.98. The van der Waals surface area contributed by atoms with Crippen molar-refractivity contribution in [3.8, 4) is 6.07 Å². The van der Waals surface area contributed by atoms with Gasteiger partial charge in [-0.1, -0.05) is 48.9 Å². The molecule has 1 fully saturated rings. The molecule has 1 aliphatic heterocycles. The second-order valence-corrected chi connectivity index (χ2v) is 8.81. The Morgan fingerprint density at radius 1 is 1.24 bits per heavy atom. The predicted octanol–water partition coefficient (Wildman–Crippen LogP) is 5.07. The van der Waals surface area contributed by atoms with Crippen LogP contribution in [0.4, 0.5) is 0 Å². The fraction of sp³-hybridized carbons (Fsp3) is 0.391. The van der Waals surface area contributed by atoms with E-state index in [1.807, 2.05) is 47.4 Å². The highest BCUT2D eigenvalue weighted by molar-refractivity contribution is 7.97. The lowest BCUT2D eigenvalue weighted by Crippen LogP contribution is -2.47. The summed E-state index contributed by atoms with van der Waals surface area (Å²) < 4.78 is 3.34. The molecule has 29 heavy (non-hydrogen) atoms. The fourth-order valence-corrected chi connectivity index (χ4v) is 4.55. The second kappa shape index (κ2) is 10.7. The van der Waals surface area contributed by atoms with E-state index in [1.54, 1.807) is 6.07 Å². The van der Waals surface area contributed by atoms with Gasteiger partial charge in [-0.05, 0) is 67.3 Å². The van der Waals surface area contributed by atoms with E-state index in [0.717, 1.165) is 41.4 Å². The molecule has 0 bridgehead atoms. The van der Waals surface area contributed by atoms with Gasteiger partial charge in [0, 0.05) is 23.0 Å². The Morgan fingerprint density at radius 3 is 2.66 bits per heavy atom. The van der Waals surface area contributed by atoms with Gasteiger partial charge in [-0.25, -0.2) is 4.72 Å². The normalized spacial score (nSPS) is 15.7. The number of hydrogen-bond acceptors (Lipinski definition) is 4. The molecule has 3 rings (SSSR count). The topological polar surface area (TPSA) is 56.1 Å². The maximum absolute atomic E-state index is 13.2. The first-order valence-electron chi connectivity index (χ1n) is 10.0. The van der Waals surface area contributed by atoms with E-state index >= 15 is 0 Å². The highest BCUT2D eigenvalue weighted by Gasteiger charge is 2.27. The van der Waals surface area contributed by atoms with Crippen molar-refractivity contribution in [1.29, 1.82) is 5.26 Å². The number of benzene rings is 2. The lowest BCUT2D eigenvalue weighted by Gasteiger charge is -2.33. The van der Waals surface area contributed by atoms with Crippen molar-refractivity contribution < 1.29 is 4.79 Å². The molecule has 2 aromatic rings. The number of aryl methyl sites for hydroxylation is 1. The Labute approximate surface area is 182 Å². The van der Waals surface area contributed by atoms with Gasteiger partial charge in [0.2, 0.25) is 5.91 Å². The van der Waals surface area contributed by atoms with Gasteiger partial charge in [0.15, 0.2) is 0 Å². The van der Waals surface area contributed by atoms with Crippen LogP contribution in [-0.2, 0) is 11.2 Å². The molecule has 1 saturated heterocycles. The molecule has 1 unspecified atom stereocenters. The van der Waals surface area contributed by atoms with Crippen LogP contribution in [0, 0.1) is 17.2 Å². The van der Waals surface area contributed by atoms with Crippen LogP contribution in [0.15, 0.2) is 53.4 Å².